The van der Waals surface area contributed by atoms with Crippen LogP contribution in [-0.2, 0) is 4.79 Å². The average Bonchev–Trinajstić information content (AvgIpc) is 2.19. The average molecular weight is 252 g/mol. The van der Waals surface area contributed by atoms with Gasteiger partial charge < -0.3 is 15.3 Å². The van der Waals surface area contributed by atoms with Gasteiger partial charge in [0.15, 0.2) is 0 Å². The molecule has 1 aromatic carbocycles. The van der Waals surface area contributed by atoms with Crippen LogP contribution in [0.1, 0.15) is 5.56 Å². The Morgan fingerprint density at radius 3 is 2.67 bits per heavy atom. The zero-order valence-corrected chi connectivity index (χ0v) is 9.81. The molecule has 0 spiro atoms. The van der Waals surface area contributed by atoms with Gasteiger partial charge >= 0.3 is 12.0 Å². The Hall–Kier alpha value is -2.11. The number of halogens is 1. The Bertz CT molecular complexity index is 498. The molecule has 0 aliphatic carbocycles. The minimum Gasteiger partial charge on any atom is -0.481 e. The van der Waals surface area contributed by atoms with Crippen molar-refractivity contribution in [3.8, 4) is 0 Å². The van der Waals surface area contributed by atoms with E-state index < -0.39 is 23.7 Å². The fraction of sp³-hybridized carbons (Fsp3) is 0.333. The molecule has 1 saturated heterocycles. The number of carboxylic acids is 1. The van der Waals surface area contributed by atoms with E-state index in [1.807, 2.05) is 0 Å². The van der Waals surface area contributed by atoms with Crippen LogP contribution in [0.3, 0.4) is 0 Å². The monoisotopic (exact) mass is 252 g/mol. The molecule has 0 bridgehead atoms. The lowest BCUT2D eigenvalue weighted by Crippen LogP contribution is -2.54. The van der Waals surface area contributed by atoms with Gasteiger partial charge in [0.2, 0.25) is 0 Å². The summed E-state index contributed by atoms with van der Waals surface area (Å²) in [5.41, 5.74) is 0.866. The number of aryl methyl sites for hydroxylation is 1. The van der Waals surface area contributed by atoms with Crippen LogP contribution in [0.4, 0.5) is 14.9 Å². The van der Waals surface area contributed by atoms with Crippen LogP contribution >= 0.6 is 0 Å². The first-order valence-corrected chi connectivity index (χ1v) is 5.52. The maximum atomic E-state index is 13.5. The second kappa shape index (κ2) is 4.64. The van der Waals surface area contributed by atoms with Gasteiger partial charge in [-0.25, -0.2) is 9.18 Å². The highest BCUT2D eigenvalue weighted by molar-refractivity contribution is 5.91. The van der Waals surface area contributed by atoms with Crippen molar-refractivity contribution < 1.29 is 19.1 Å². The van der Waals surface area contributed by atoms with E-state index >= 15 is 0 Å². The summed E-state index contributed by atoms with van der Waals surface area (Å²) in [5, 5.41) is 11.1. The first kappa shape index (κ1) is 12.3. The highest BCUT2D eigenvalue weighted by atomic mass is 19.1. The SMILES string of the molecule is Cc1ccc(NC(=O)N2CC(C(=O)O)C2)c(F)c1. The maximum absolute atomic E-state index is 13.5. The zero-order valence-electron chi connectivity index (χ0n) is 9.81. The third-order valence-corrected chi connectivity index (χ3v) is 2.88. The van der Waals surface area contributed by atoms with Gasteiger partial charge in [0.25, 0.3) is 0 Å². The van der Waals surface area contributed by atoms with E-state index in [9.17, 15) is 14.0 Å². The zero-order chi connectivity index (χ0) is 13.3. The van der Waals surface area contributed by atoms with Crippen molar-refractivity contribution >= 4 is 17.7 Å². The molecule has 18 heavy (non-hydrogen) atoms. The number of carboxylic acid groups (broad SMARTS) is 1. The summed E-state index contributed by atoms with van der Waals surface area (Å²) in [7, 11) is 0. The van der Waals surface area contributed by atoms with Crippen molar-refractivity contribution in [2.75, 3.05) is 18.4 Å². The molecule has 2 amide bonds. The summed E-state index contributed by atoms with van der Waals surface area (Å²) in [4.78, 5) is 23.6. The second-order valence-electron chi connectivity index (χ2n) is 4.35. The Balaban J connectivity index is 1.94. The molecular weight excluding hydrogens is 239 g/mol. The predicted octanol–water partition coefficient (Wildman–Crippen LogP) is 1.68. The summed E-state index contributed by atoms with van der Waals surface area (Å²) < 4.78 is 13.5. The standard InChI is InChI=1S/C12H13FN2O3/c1-7-2-3-10(9(13)4-7)14-12(18)15-5-8(6-15)11(16)17/h2-4,8H,5-6H2,1H3,(H,14,18)(H,16,17). The van der Waals surface area contributed by atoms with E-state index in [2.05, 4.69) is 5.32 Å². The topological polar surface area (TPSA) is 69.6 Å². The third-order valence-electron chi connectivity index (χ3n) is 2.88. The van der Waals surface area contributed by atoms with E-state index in [1.165, 1.54) is 17.0 Å². The first-order chi connectivity index (χ1) is 8.47. The molecule has 1 fully saturated rings. The van der Waals surface area contributed by atoms with Crippen molar-refractivity contribution in [3.05, 3.63) is 29.6 Å². The van der Waals surface area contributed by atoms with Gasteiger partial charge in [-0.1, -0.05) is 6.07 Å². The number of nitrogens with one attached hydrogen (secondary N) is 1. The lowest BCUT2D eigenvalue weighted by molar-refractivity contribution is -0.145. The lowest BCUT2D eigenvalue weighted by Gasteiger charge is -2.36. The molecule has 2 N–H and O–H groups in total. The molecule has 0 aromatic heterocycles. The van der Waals surface area contributed by atoms with Gasteiger partial charge in [-0.15, -0.1) is 0 Å². The van der Waals surface area contributed by atoms with Gasteiger partial charge in [-0.3, -0.25) is 4.79 Å². The number of urea groups is 1. The van der Waals surface area contributed by atoms with Crippen LogP contribution in [0.2, 0.25) is 0 Å². The Morgan fingerprint density at radius 2 is 2.11 bits per heavy atom. The summed E-state index contributed by atoms with van der Waals surface area (Å²) in [5.74, 6) is -1.93. The number of rotatable bonds is 2. The van der Waals surface area contributed by atoms with E-state index in [0.29, 0.717) is 0 Å². The normalized spacial score (nSPS) is 15.1. The van der Waals surface area contributed by atoms with E-state index in [4.69, 9.17) is 5.11 Å². The molecule has 0 atom stereocenters. The molecule has 96 valence electrons. The minimum atomic E-state index is -0.916. The third kappa shape index (κ3) is 2.42. The number of hydrogen-bond acceptors (Lipinski definition) is 2. The van der Waals surface area contributed by atoms with Gasteiger partial charge in [0.05, 0.1) is 11.6 Å². The summed E-state index contributed by atoms with van der Waals surface area (Å²) >= 11 is 0. The second-order valence-corrected chi connectivity index (χ2v) is 4.35. The van der Waals surface area contributed by atoms with Crippen molar-refractivity contribution in [3.63, 3.8) is 0 Å². The Morgan fingerprint density at radius 1 is 1.44 bits per heavy atom. The molecule has 1 aliphatic rings. The molecule has 1 heterocycles. The van der Waals surface area contributed by atoms with Crippen LogP contribution in [0.5, 0.6) is 0 Å². The minimum absolute atomic E-state index is 0.101. The number of carbonyl (C=O) groups excluding carboxylic acids is 1. The van der Waals surface area contributed by atoms with Gasteiger partial charge in [0, 0.05) is 13.1 Å². The fourth-order valence-electron chi connectivity index (χ4n) is 1.72. The lowest BCUT2D eigenvalue weighted by atomic mass is 10.0. The van der Waals surface area contributed by atoms with Crippen LogP contribution in [0, 0.1) is 18.7 Å². The van der Waals surface area contributed by atoms with Crippen molar-refractivity contribution in [2.24, 2.45) is 5.92 Å². The number of likely N-dealkylation sites (tertiary alicyclic amines) is 1. The summed E-state index contributed by atoms with van der Waals surface area (Å²) in [6.07, 6.45) is 0. The molecular formula is C12H13FN2O3. The van der Waals surface area contributed by atoms with Crippen LogP contribution in [0.25, 0.3) is 0 Å². The Labute approximate surface area is 103 Å². The molecule has 5 nitrogen and oxygen atoms in total. The smallest absolute Gasteiger partial charge is 0.321 e. The van der Waals surface area contributed by atoms with E-state index in [-0.39, 0.29) is 18.8 Å². The molecule has 1 aromatic rings. The fourth-order valence-corrected chi connectivity index (χ4v) is 1.72. The molecule has 1 aliphatic heterocycles. The van der Waals surface area contributed by atoms with Crippen molar-refractivity contribution in [2.45, 2.75) is 6.92 Å². The van der Waals surface area contributed by atoms with Crippen LogP contribution < -0.4 is 5.32 Å². The van der Waals surface area contributed by atoms with Crippen molar-refractivity contribution in [1.82, 2.24) is 4.90 Å². The highest BCUT2D eigenvalue weighted by Gasteiger charge is 2.35. The summed E-state index contributed by atoms with van der Waals surface area (Å²) in [6, 6.07) is 4.02. The predicted molar refractivity (Wildman–Crippen MR) is 62.9 cm³/mol. The molecule has 0 radical (unpaired) electrons. The molecule has 2 rings (SSSR count). The number of aliphatic carboxylic acids is 1. The van der Waals surface area contributed by atoms with Gasteiger partial charge in [-0.05, 0) is 24.6 Å². The highest BCUT2D eigenvalue weighted by Crippen LogP contribution is 2.19. The first-order valence-electron chi connectivity index (χ1n) is 5.52. The largest absolute Gasteiger partial charge is 0.481 e. The maximum Gasteiger partial charge on any atom is 0.321 e. The number of nitrogens with zero attached hydrogens (tertiary/aromatic N) is 1. The van der Waals surface area contributed by atoms with Crippen LogP contribution in [-0.4, -0.2) is 35.1 Å². The van der Waals surface area contributed by atoms with Crippen molar-refractivity contribution in [1.29, 1.82) is 0 Å². The van der Waals surface area contributed by atoms with Gasteiger partial charge in [0.1, 0.15) is 5.82 Å². The molecule has 0 saturated carbocycles. The van der Waals surface area contributed by atoms with Gasteiger partial charge in [-0.2, -0.15) is 0 Å². The number of anilines is 1. The Kier molecular flexibility index (Phi) is 3.18. The molecule has 0 unspecified atom stereocenters. The van der Waals surface area contributed by atoms with E-state index in [0.717, 1.165) is 5.56 Å². The quantitative estimate of drug-likeness (QED) is 0.841. The number of hydrogen-bond donors (Lipinski definition) is 2. The van der Waals surface area contributed by atoms with E-state index in [1.54, 1.807) is 13.0 Å². The van der Waals surface area contributed by atoms with Crippen LogP contribution in [0.15, 0.2) is 18.2 Å². The summed E-state index contributed by atoms with van der Waals surface area (Å²) in [6.45, 7) is 2.07. The molecule has 6 heteroatoms. The number of amides is 2. The number of carbonyl (C=O) groups is 2. The number of benzene rings is 1.